The molecule has 12 heavy (non-hydrogen) atoms. The summed E-state index contributed by atoms with van der Waals surface area (Å²) in [5, 5.41) is 0. The maximum absolute atomic E-state index is 11.5. The van der Waals surface area contributed by atoms with Crippen molar-refractivity contribution < 1.29 is 4.79 Å². The van der Waals surface area contributed by atoms with Gasteiger partial charge in [-0.3, -0.25) is 4.79 Å². The van der Waals surface area contributed by atoms with E-state index in [2.05, 4.69) is 15.9 Å². The van der Waals surface area contributed by atoms with Gasteiger partial charge in [-0.25, -0.2) is 0 Å². The maximum atomic E-state index is 11.5. The first kappa shape index (κ1) is 10.0. The quantitative estimate of drug-likeness (QED) is 0.637. The molecule has 0 saturated carbocycles. The number of halogens is 1. The molecule has 0 spiro atoms. The Morgan fingerprint density at radius 3 is 2.17 bits per heavy atom. The van der Waals surface area contributed by atoms with Crippen LogP contribution in [0.3, 0.4) is 0 Å². The van der Waals surface area contributed by atoms with Crippen molar-refractivity contribution in [3.63, 3.8) is 0 Å². The lowest BCUT2D eigenvalue weighted by atomic mass is 10.2. The van der Waals surface area contributed by atoms with E-state index in [1.165, 1.54) is 25.7 Å². The highest BCUT2D eigenvalue weighted by atomic mass is 79.9. The highest BCUT2D eigenvalue weighted by molar-refractivity contribution is 9.10. The van der Waals surface area contributed by atoms with E-state index in [0.717, 1.165) is 13.1 Å². The highest BCUT2D eigenvalue weighted by Gasteiger charge is 2.18. The lowest BCUT2D eigenvalue weighted by Gasteiger charge is -2.21. The van der Waals surface area contributed by atoms with Gasteiger partial charge < -0.3 is 4.90 Å². The van der Waals surface area contributed by atoms with E-state index in [-0.39, 0.29) is 10.7 Å². The van der Waals surface area contributed by atoms with Crippen LogP contribution in [-0.4, -0.2) is 28.7 Å². The summed E-state index contributed by atoms with van der Waals surface area (Å²) in [6.45, 7) is 3.80. The summed E-state index contributed by atoms with van der Waals surface area (Å²) in [7, 11) is 0. The summed E-state index contributed by atoms with van der Waals surface area (Å²) < 4.78 is 0. The van der Waals surface area contributed by atoms with Crippen LogP contribution in [0.15, 0.2) is 0 Å². The van der Waals surface area contributed by atoms with Gasteiger partial charge >= 0.3 is 0 Å². The minimum atomic E-state index is -0.0180. The van der Waals surface area contributed by atoms with Crippen LogP contribution in [0.4, 0.5) is 0 Å². The normalized spacial score (nSPS) is 21.7. The molecule has 0 aliphatic carbocycles. The molecule has 0 bridgehead atoms. The summed E-state index contributed by atoms with van der Waals surface area (Å²) in [5.41, 5.74) is 0. The lowest BCUT2D eigenvalue weighted by Crippen LogP contribution is -2.36. The second kappa shape index (κ2) is 4.85. The zero-order valence-corrected chi connectivity index (χ0v) is 9.14. The molecule has 1 unspecified atom stereocenters. The molecular formula is C9H16BrNO. The van der Waals surface area contributed by atoms with Gasteiger partial charge in [-0.05, 0) is 19.8 Å². The fraction of sp³-hybridized carbons (Fsp3) is 0.889. The van der Waals surface area contributed by atoms with Crippen molar-refractivity contribution in [3.8, 4) is 0 Å². The molecule has 0 N–H and O–H groups in total. The number of nitrogens with zero attached hydrogens (tertiary/aromatic N) is 1. The van der Waals surface area contributed by atoms with E-state index in [4.69, 9.17) is 0 Å². The Morgan fingerprint density at radius 2 is 1.75 bits per heavy atom. The molecule has 1 fully saturated rings. The van der Waals surface area contributed by atoms with Crippen molar-refractivity contribution in [2.75, 3.05) is 13.1 Å². The van der Waals surface area contributed by atoms with Gasteiger partial charge in [0, 0.05) is 13.1 Å². The van der Waals surface area contributed by atoms with Gasteiger partial charge in [-0.1, -0.05) is 28.8 Å². The highest BCUT2D eigenvalue weighted by Crippen LogP contribution is 2.12. The molecule has 1 aliphatic rings. The van der Waals surface area contributed by atoms with Crippen molar-refractivity contribution in [1.29, 1.82) is 0 Å². The van der Waals surface area contributed by atoms with Crippen molar-refractivity contribution in [2.45, 2.75) is 37.4 Å². The van der Waals surface area contributed by atoms with E-state index in [9.17, 15) is 4.79 Å². The largest absolute Gasteiger partial charge is 0.342 e. The van der Waals surface area contributed by atoms with Crippen LogP contribution in [0, 0.1) is 0 Å². The first-order valence-corrected chi connectivity index (χ1v) is 5.56. The van der Waals surface area contributed by atoms with Crippen LogP contribution in [-0.2, 0) is 4.79 Å². The summed E-state index contributed by atoms with van der Waals surface area (Å²) in [4.78, 5) is 13.5. The predicted molar refractivity (Wildman–Crippen MR) is 53.4 cm³/mol. The molecule has 70 valence electrons. The van der Waals surface area contributed by atoms with Crippen LogP contribution < -0.4 is 0 Å². The van der Waals surface area contributed by atoms with Crippen molar-refractivity contribution in [3.05, 3.63) is 0 Å². The van der Waals surface area contributed by atoms with Gasteiger partial charge in [-0.15, -0.1) is 0 Å². The van der Waals surface area contributed by atoms with E-state index in [1.54, 1.807) is 0 Å². The zero-order valence-electron chi connectivity index (χ0n) is 7.55. The molecule has 0 radical (unpaired) electrons. The Balaban J connectivity index is 2.43. The molecule has 0 aromatic carbocycles. The number of hydrogen-bond acceptors (Lipinski definition) is 1. The number of amides is 1. The van der Waals surface area contributed by atoms with Gasteiger partial charge in [0.05, 0.1) is 4.83 Å². The number of carbonyl (C=O) groups is 1. The number of alkyl halides is 1. The molecule has 3 heteroatoms. The van der Waals surface area contributed by atoms with Crippen LogP contribution in [0.25, 0.3) is 0 Å². The van der Waals surface area contributed by atoms with Gasteiger partial charge in [0.25, 0.3) is 0 Å². The third-order valence-electron chi connectivity index (χ3n) is 2.26. The van der Waals surface area contributed by atoms with Crippen molar-refractivity contribution >= 4 is 21.8 Å². The van der Waals surface area contributed by atoms with E-state index >= 15 is 0 Å². The Bertz CT molecular complexity index is 151. The van der Waals surface area contributed by atoms with Gasteiger partial charge in [0.2, 0.25) is 5.91 Å². The number of hydrogen-bond donors (Lipinski definition) is 0. The van der Waals surface area contributed by atoms with Gasteiger partial charge in [0.1, 0.15) is 0 Å². The third kappa shape index (κ3) is 2.77. The summed E-state index contributed by atoms with van der Waals surface area (Å²) in [6.07, 6.45) is 4.90. The van der Waals surface area contributed by atoms with Crippen molar-refractivity contribution in [1.82, 2.24) is 4.90 Å². The summed E-state index contributed by atoms with van der Waals surface area (Å²) in [6, 6.07) is 0. The monoisotopic (exact) mass is 233 g/mol. The fourth-order valence-corrected chi connectivity index (χ4v) is 1.83. The van der Waals surface area contributed by atoms with Crippen LogP contribution in [0.2, 0.25) is 0 Å². The number of carbonyl (C=O) groups excluding carboxylic acids is 1. The average Bonchev–Trinajstić information content (AvgIpc) is 2.30. The molecule has 1 atom stereocenters. The molecule has 0 aromatic heterocycles. The first-order valence-electron chi connectivity index (χ1n) is 4.64. The molecule has 1 rings (SSSR count). The maximum Gasteiger partial charge on any atom is 0.236 e. The molecule has 0 aromatic rings. The number of rotatable bonds is 1. The second-order valence-corrected chi connectivity index (χ2v) is 4.73. The predicted octanol–water partition coefficient (Wildman–Crippen LogP) is 2.17. The lowest BCUT2D eigenvalue weighted by molar-refractivity contribution is -0.130. The Morgan fingerprint density at radius 1 is 1.25 bits per heavy atom. The topological polar surface area (TPSA) is 20.3 Å². The van der Waals surface area contributed by atoms with Crippen LogP contribution in [0.1, 0.15) is 32.6 Å². The molecule has 1 saturated heterocycles. The third-order valence-corrected chi connectivity index (χ3v) is 2.65. The van der Waals surface area contributed by atoms with Crippen LogP contribution >= 0.6 is 15.9 Å². The molecular weight excluding hydrogens is 218 g/mol. The smallest absolute Gasteiger partial charge is 0.236 e. The van der Waals surface area contributed by atoms with E-state index < -0.39 is 0 Å². The molecule has 2 nitrogen and oxygen atoms in total. The SMILES string of the molecule is CC(Br)C(=O)N1CCCCCC1. The van der Waals surface area contributed by atoms with Crippen LogP contribution in [0.5, 0.6) is 0 Å². The number of likely N-dealkylation sites (tertiary alicyclic amines) is 1. The van der Waals surface area contributed by atoms with Crippen molar-refractivity contribution in [2.24, 2.45) is 0 Å². The summed E-state index contributed by atoms with van der Waals surface area (Å²) in [5.74, 6) is 0.247. The molecule has 1 amide bonds. The molecule has 1 heterocycles. The zero-order chi connectivity index (χ0) is 8.97. The first-order chi connectivity index (χ1) is 5.72. The fourth-order valence-electron chi connectivity index (χ4n) is 1.54. The minimum Gasteiger partial charge on any atom is -0.342 e. The Kier molecular flexibility index (Phi) is 4.06. The summed E-state index contributed by atoms with van der Waals surface area (Å²) >= 11 is 3.31. The van der Waals surface area contributed by atoms with Gasteiger partial charge in [-0.2, -0.15) is 0 Å². The van der Waals surface area contributed by atoms with E-state index in [1.807, 2.05) is 11.8 Å². The second-order valence-electron chi connectivity index (χ2n) is 3.36. The van der Waals surface area contributed by atoms with E-state index in [0.29, 0.717) is 0 Å². The average molecular weight is 234 g/mol. The van der Waals surface area contributed by atoms with Gasteiger partial charge in [0.15, 0.2) is 0 Å². The Hall–Kier alpha value is -0.0500. The minimum absolute atomic E-state index is 0.0180. The standard InChI is InChI=1S/C9H16BrNO/c1-8(10)9(12)11-6-4-2-3-5-7-11/h8H,2-7H2,1H3. The Labute approximate surface area is 82.4 Å². The molecule has 1 aliphatic heterocycles.